The number of hydrogen-bond acceptors (Lipinski definition) is 4. The van der Waals surface area contributed by atoms with Crippen molar-refractivity contribution in [2.75, 3.05) is 5.75 Å². The highest BCUT2D eigenvalue weighted by atomic mass is 32.2. The van der Waals surface area contributed by atoms with Crippen LogP contribution in [-0.4, -0.2) is 20.5 Å². The van der Waals surface area contributed by atoms with E-state index in [-0.39, 0.29) is 5.54 Å². The highest BCUT2D eigenvalue weighted by Gasteiger charge is 2.16. The van der Waals surface area contributed by atoms with E-state index in [0.717, 1.165) is 10.7 Å². The van der Waals surface area contributed by atoms with Crippen LogP contribution in [0.2, 0.25) is 0 Å². The lowest BCUT2D eigenvalue weighted by molar-refractivity contribution is 0.577. The maximum Gasteiger partial charge on any atom is 0.0897 e. The molecular weight excluding hydrogens is 216 g/mol. The van der Waals surface area contributed by atoms with Gasteiger partial charge in [0.15, 0.2) is 0 Å². The predicted octanol–water partition coefficient (Wildman–Crippen LogP) is 1.44. The van der Waals surface area contributed by atoms with Gasteiger partial charge in [0.25, 0.3) is 0 Å². The minimum absolute atomic E-state index is 0.365. The number of rotatable bonds is 4. The lowest BCUT2D eigenvalue weighted by Gasteiger charge is -2.16. The summed E-state index contributed by atoms with van der Waals surface area (Å²) in [4.78, 5) is 4.27. The molecule has 0 saturated heterocycles. The average Bonchev–Trinajstić information content (AvgIpc) is 2.30. The van der Waals surface area contributed by atoms with E-state index in [1.165, 1.54) is 0 Å². The molecule has 3 nitrogen and oxygen atoms in total. The summed E-state index contributed by atoms with van der Waals surface area (Å²) in [7, 11) is -0.908. The van der Waals surface area contributed by atoms with Gasteiger partial charge in [-0.05, 0) is 20.8 Å². The first-order valence-corrected chi connectivity index (χ1v) is 6.78. The summed E-state index contributed by atoms with van der Waals surface area (Å²) in [5.74, 6) is 1.04. The summed E-state index contributed by atoms with van der Waals surface area (Å²) >= 11 is 1.59. The number of aromatic nitrogens is 1. The Morgan fingerprint density at radius 1 is 1.64 bits per heavy atom. The van der Waals surface area contributed by atoms with Crippen molar-refractivity contribution in [3.8, 4) is 0 Å². The summed E-state index contributed by atoms with van der Waals surface area (Å²) in [5, 5.41) is 2.97. The number of thiazole rings is 1. The zero-order valence-electron chi connectivity index (χ0n) is 8.74. The molecule has 1 rings (SSSR count). The second kappa shape index (κ2) is 4.51. The average molecular weight is 232 g/mol. The Hall–Kier alpha value is -0.260. The van der Waals surface area contributed by atoms with Gasteiger partial charge in [-0.2, -0.15) is 0 Å². The van der Waals surface area contributed by atoms with E-state index in [1.807, 2.05) is 26.2 Å². The molecule has 0 aromatic carbocycles. The van der Waals surface area contributed by atoms with Gasteiger partial charge in [0.1, 0.15) is 0 Å². The van der Waals surface area contributed by atoms with E-state index in [0.29, 0.717) is 11.5 Å². The Bertz CT molecular complexity index is 328. The monoisotopic (exact) mass is 232 g/mol. The van der Waals surface area contributed by atoms with Gasteiger partial charge in [-0.3, -0.25) is 4.21 Å². The largest absolute Gasteiger partial charge is 0.325 e. The molecule has 1 unspecified atom stereocenters. The number of hydrogen-bond donors (Lipinski definition) is 1. The molecule has 1 aromatic rings. The number of nitrogens with two attached hydrogens (primary N) is 1. The molecule has 0 amide bonds. The maximum absolute atomic E-state index is 11.6. The first-order valence-electron chi connectivity index (χ1n) is 4.42. The third kappa shape index (κ3) is 4.30. The Morgan fingerprint density at radius 3 is 2.71 bits per heavy atom. The van der Waals surface area contributed by atoms with Gasteiger partial charge < -0.3 is 5.73 Å². The molecule has 0 aliphatic carbocycles. The van der Waals surface area contributed by atoms with Crippen molar-refractivity contribution in [2.24, 2.45) is 5.73 Å². The predicted molar refractivity (Wildman–Crippen MR) is 61.8 cm³/mol. The Morgan fingerprint density at radius 2 is 2.29 bits per heavy atom. The molecule has 0 radical (unpaired) electrons. The van der Waals surface area contributed by atoms with Crippen molar-refractivity contribution in [3.05, 3.63) is 16.1 Å². The normalized spacial score (nSPS) is 14.3. The van der Waals surface area contributed by atoms with Crippen LogP contribution < -0.4 is 5.73 Å². The zero-order valence-corrected chi connectivity index (χ0v) is 10.4. The van der Waals surface area contributed by atoms with Crippen LogP contribution in [0.1, 0.15) is 24.5 Å². The van der Waals surface area contributed by atoms with Crippen LogP contribution in [0, 0.1) is 6.92 Å². The SMILES string of the molecule is Cc1nc(CS(=O)CC(C)(C)N)cs1. The standard InChI is InChI=1S/C9H16N2OS2/c1-7-11-8(4-13-7)5-14(12)6-9(2,3)10/h4H,5-6,10H2,1-3H3. The second-order valence-corrected chi connectivity index (χ2v) is 6.59. The molecule has 1 aromatic heterocycles. The van der Waals surface area contributed by atoms with Crippen molar-refractivity contribution in [1.29, 1.82) is 0 Å². The van der Waals surface area contributed by atoms with Gasteiger partial charge in [0.2, 0.25) is 0 Å². The van der Waals surface area contributed by atoms with Gasteiger partial charge in [-0.25, -0.2) is 4.98 Å². The highest BCUT2D eigenvalue weighted by molar-refractivity contribution is 7.84. The zero-order chi connectivity index (χ0) is 10.8. The lowest BCUT2D eigenvalue weighted by Crippen LogP contribution is -2.38. The van der Waals surface area contributed by atoms with E-state index >= 15 is 0 Å². The Kier molecular flexibility index (Phi) is 3.80. The minimum atomic E-state index is -0.908. The Labute approximate surface area is 91.2 Å². The van der Waals surface area contributed by atoms with Crippen molar-refractivity contribution < 1.29 is 4.21 Å². The summed E-state index contributed by atoms with van der Waals surface area (Å²) < 4.78 is 11.6. The molecule has 0 spiro atoms. The van der Waals surface area contributed by atoms with E-state index in [1.54, 1.807) is 11.3 Å². The van der Waals surface area contributed by atoms with Crippen LogP contribution in [-0.2, 0) is 16.6 Å². The molecule has 14 heavy (non-hydrogen) atoms. The summed E-state index contributed by atoms with van der Waals surface area (Å²) in [6, 6.07) is 0. The third-order valence-corrected chi connectivity index (χ3v) is 4.01. The quantitative estimate of drug-likeness (QED) is 0.854. The molecule has 0 bridgehead atoms. The maximum atomic E-state index is 11.6. The van der Waals surface area contributed by atoms with Crippen LogP contribution in [0.3, 0.4) is 0 Å². The van der Waals surface area contributed by atoms with Crippen LogP contribution in [0.25, 0.3) is 0 Å². The van der Waals surface area contributed by atoms with Crippen LogP contribution in [0.4, 0.5) is 0 Å². The summed E-state index contributed by atoms with van der Waals surface area (Å²) in [5.41, 5.74) is 6.33. The first kappa shape index (κ1) is 11.8. The van der Waals surface area contributed by atoms with Crippen LogP contribution >= 0.6 is 11.3 Å². The number of aryl methyl sites for hydroxylation is 1. The molecule has 0 fully saturated rings. The van der Waals surface area contributed by atoms with Crippen LogP contribution in [0.15, 0.2) is 5.38 Å². The molecule has 0 aliphatic rings. The molecule has 1 heterocycles. The molecule has 5 heteroatoms. The first-order chi connectivity index (χ1) is 6.37. The molecular formula is C9H16N2OS2. The molecule has 2 N–H and O–H groups in total. The van der Waals surface area contributed by atoms with Crippen molar-refractivity contribution in [1.82, 2.24) is 4.98 Å². The van der Waals surface area contributed by atoms with E-state index in [2.05, 4.69) is 4.98 Å². The van der Waals surface area contributed by atoms with Crippen molar-refractivity contribution in [2.45, 2.75) is 32.1 Å². The topological polar surface area (TPSA) is 56.0 Å². The smallest absolute Gasteiger partial charge is 0.0897 e. The van der Waals surface area contributed by atoms with Gasteiger partial charge in [-0.1, -0.05) is 0 Å². The van der Waals surface area contributed by atoms with E-state index in [4.69, 9.17) is 5.73 Å². The highest BCUT2D eigenvalue weighted by Crippen LogP contribution is 2.11. The van der Waals surface area contributed by atoms with Gasteiger partial charge >= 0.3 is 0 Å². The van der Waals surface area contributed by atoms with Gasteiger partial charge in [0, 0.05) is 27.5 Å². The minimum Gasteiger partial charge on any atom is -0.325 e. The van der Waals surface area contributed by atoms with Gasteiger partial charge in [0.05, 0.1) is 16.5 Å². The van der Waals surface area contributed by atoms with E-state index in [9.17, 15) is 4.21 Å². The fourth-order valence-electron chi connectivity index (χ4n) is 1.11. The fraction of sp³-hybridized carbons (Fsp3) is 0.667. The molecule has 0 saturated carbocycles. The fourth-order valence-corrected chi connectivity index (χ4v) is 3.23. The summed E-state index contributed by atoms with van der Waals surface area (Å²) in [6.07, 6.45) is 0. The lowest BCUT2D eigenvalue weighted by atomic mass is 10.1. The number of nitrogens with zero attached hydrogens (tertiary/aromatic N) is 1. The second-order valence-electron chi connectivity index (χ2n) is 4.07. The van der Waals surface area contributed by atoms with Crippen LogP contribution in [0.5, 0.6) is 0 Å². The Balaban J connectivity index is 2.50. The van der Waals surface area contributed by atoms with Gasteiger partial charge in [-0.15, -0.1) is 11.3 Å². The molecule has 0 aliphatic heterocycles. The van der Waals surface area contributed by atoms with Crippen molar-refractivity contribution >= 4 is 22.1 Å². The van der Waals surface area contributed by atoms with Crippen molar-refractivity contribution in [3.63, 3.8) is 0 Å². The molecule has 1 atom stereocenters. The molecule has 80 valence electrons. The third-order valence-electron chi connectivity index (χ3n) is 1.51. The summed E-state index contributed by atoms with van der Waals surface area (Å²) in [6.45, 7) is 5.72. The van der Waals surface area contributed by atoms with E-state index < -0.39 is 10.8 Å².